The normalized spacial score (nSPS) is 28.8. The lowest BCUT2D eigenvalue weighted by Gasteiger charge is -2.38. The summed E-state index contributed by atoms with van der Waals surface area (Å²) in [4.78, 5) is 5.15. The molecule has 0 amide bonds. The van der Waals surface area contributed by atoms with E-state index in [1.54, 1.807) is 0 Å². The molecule has 2 aliphatic rings. The molecule has 0 atom stereocenters. The summed E-state index contributed by atoms with van der Waals surface area (Å²) in [5, 5.41) is 3.48. The van der Waals surface area contributed by atoms with Gasteiger partial charge < -0.3 is 15.0 Å². The fourth-order valence-corrected chi connectivity index (χ4v) is 3.22. The van der Waals surface area contributed by atoms with Gasteiger partial charge >= 0.3 is 0 Å². The summed E-state index contributed by atoms with van der Waals surface area (Å²) in [5.41, 5.74) is 0. The molecule has 1 heterocycles. The Balaban J connectivity index is 1.48. The van der Waals surface area contributed by atoms with E-state index in [1.165, 1.54) is 45.6 Å². The van der Waals surface area contributed by atoms with Crippen molar-refractivity contribution in [3.8, 4) is 0 Å². The predicted molar refractivity (Wildman–Crippen MR) is 84.2 cm³/mol. The van der Waals surface area contributed by atoms with E-state index < -0.39 is 0 Å². The van der Waals surface area contributed by atoms with E-state index in [-0.39, 0.29) is 0 Å². The molecule has 1 saturated heterocycles. The number of piperazine rings is 1. The highest BCUT2D eigenvalue weighted by Gasteiger charge is 2.29. The highest BCUT2D eigenvalue weighted by atomic mass is 16.5. The van der Waals surface area contributed by atoms with Crippen molar-refractivity contribution in [2.45, 2.75) is 45.8 Å². The maximum absolute atomic E-state index is 5.95. The van der Waals surface area contributed by atoms with Crippen molar-refractivity contribution in [1.29, 1.82) is 0 Å². The topological polar surface area (TPSA) is 27.7 Å². The molecule has 2 rings (SSSR count). The largest absolute Gasteiger partial charge is 0.377 e. The molecule has 0 aromatic carbocycles. The molecule has 0 aromatic heterocycles. The van der Waals surface area contributed by atoms with Crippen LogP contribution in [0.2, 0.25) is 0 Å². The molecule has 0 bridgehead atoms. The zero-order chi connectivity index (χ0) is 14.4. The maximum Gasteiger partial charge on any atom is 0.0605 e. The molecule has 0 aromatic rings. The van der Waals surface area contributed by atoms with Gasteiger partial charge in [0.25, 0.3) is 0 Å². The molecule has 118 valence electrons. The Kier molecular flexibility index (Phi) is 6.75. The highest BCUT2D eigenvalue weighted by Crippen LogP contribution is 2.23. The van der Waals surface area contributed by atoms with E-state index in [4.69, 9.17) is 4.74 Å². The minimum atomic E-state index is 0.515. The number of nitrogens with one attached hydrogen (secondary N) is 1. The van der Waals surface area contributed by atoms with Crippen LogP contribution in [-0.4, -0.2) is 74.4 Å². The summed E-state index contributed by atoms with van der Waals surface area (Å²) >= 11 is 0. The summed E-state index contributed by atoms with van der Waals surface area (Å²) in [5.74, 6) is 0.785. The van der Waals surface area contributed by atoms with E-state index in [2.05, 4.69) is 35.9 Å². The molecule has 1 aliphatic carbocycles. The third-order valence-corrected chi connectivity index (χ3v) is 4.44. The predicted octanol–water partition coefficient (Wildman–Crippen LogP) is 1.42. The standard InChI is InChI=1S/C16H33N3O/c1-4-17-15-11-16(12-15)20-10-9-18-5-7-19(8-6-18)13-14(2)3/h14-17H,4-13H2,1-3H3. The van der Waals surface area contributed by atoms with E-state index in [0.29, 0.717) is 12.1 Å². The van der Waals surface area contributed by atoms with Crippen LogP contribution in [0.4, 0.5) is 0 Å². The lowest BCUT2D eigenvalue weighted by Crippen LogP contribution is -2.49. The molecule has 1 saturated carbocycles. The molecule has 0 radical (unpaired) electrons. The fourth-order valence-electron chi connectivity index (χ4n) is 3.22. The Morgan fingerprint density at radius 1 is 1.10 bits per heavy atom. The van der Waals surface area contributed by atoms with Gasteiger partial charge in [-0.1, -0.05) is 20.8 Å². The van der Waals surface area contributed by atoms with Crippen molar-refractivity contribution in [2.24, 2.45) is 5.92 Å². The van der Waals surface area contributed by atoms with Crippen molar-refractivity contribution in [1.82, 2.24) is 15.1 Å². The van der Waals surface area contributed by atoms with Gasteiger partial charge in [0.05, 0.1) is 12.7 Å². The minimum absolute atomic E-state index is 0.515. The molecule has 1 N–H and O–H groups in total. The SMILES string of the molecule is CCNC1CC(OCCN2CCN(CC(C)C)CC2)C1. The zero-order valence-corrected chi connectivity index (χ0v) is 13.6. The summed E-state index contributed by atoms with van der Waals surface area (Å²) in [6, 6.07) is 0.713. The Hall–Kier alpha value is -0.160. The van der Waals surface area contributed by atoms with Crippen LogP contribution in [-0.2, 0) is 4.74 Å². The monoisotopic (exact) mass is 283 g/mol. The second-order valence-electron chi connectivity index (χ2n) is 6.75. The van der Waals surface area contributed by atoms with Gasteiger partial charge in [-0.25, -0.2) is 0 Å². The van der Waals surface area contributed by atoms with Crippen molar-refractivity contribution >= 4 is 0 Å². The molecule has 4 nitrogen and oxygen atoms in total. The van der Waals surface area contributed by atoms with Crippen LogP contribution in [0.3, 0.4) is 0 Å². The number of ether oxygens (including phenoxy) is 1. The van der Waals surface area contributed by atoms with Gasteiger partial charge in [0.15, 0.2) is 0 Å². The Labute approximate surface area is 124 Å². The first kappa shape index (κ1) is 16.2. The van der Waals surface area contributed by atoms with E-state index >= 15 is 0 Å². The first-order valence-corrected chi connectivity index (χ1v) is 8.47. The molecule has 20 heavy (non-hydrogen) atoms. The zero-order valence-electron chi connectivity index (χ0n) is 13.6. The van der Waals surface area contributed by atoms with Crippen LogP contribution in [0.5, 0.6) is 0 Å². The molecule has 0 spiro atoms. The van der Waals surface area contributed by atoms with Crippen LogP contribution >= 0.6 is 0 Å². The fraction of sp³-hybridized carbons (Fsp3) is 1.00. The number of nitrogens with zero attached hydrogens (tertiary/aromatic N) is 2. The summed E-state index contributed by atoms with van der Waals surface area (Å²) < 4.78 is 5.95. The van der Waals surface area contributed by atoms with Crippen molar-refractivity contribution in [3.05, 3.63) is 0 Å². The van der Waals surface area contributed by atoms with Crippen molar-refractivity contribution < 1.29 is 4.74 Å². The second-order valence-corrected chi connectivity index (χ2v) is 6.75. The van der Waals surface area contributed by atoms with Gasteiger partial charge in [-0.15, -0.1) is 0 Å². The average molecular weight is 283 g/mol. The average Bonchev–Trinajstić information content (AvgIpc) is 2.37. The van der Waals surface area contributed by atoms with Gasteiger partial charge in [-0.2, -0.15) is 0 Å². The number of rotatable bonds is 8. The molecule has 0 unspecified atom stereocenters. The summed E-state index contributed by atoms with van der Waals surface area (Å²) in [6.45, 7) is 16.0. The van der Waals surface area contributed by atoms with Crippen LogP contribution in [0, 0.1) is 5.92 Å². The van der Waals surface area contributed by atoms with Gasteiger partial charge in [0.2, 0.25) is 0 Å². The van der Waals surface area contributed by atoms with Crippen LogP contribution < -0.4 is 5.32 Å². The van der Waals surface area contributed by atoms with Gasteiger partial charge in [0.1, 0.15) is 0 Å². The quantitative estimate of drug-likeness (QED) is 0.729. The smallest absolute Gasteiger partial charge is 0.0605 e. The molecular formula is C16H33N3O. The van der Waals surface area contributed by atoms with Crippen LogP contribution in [0.15, 0.2) is 0 Å². The maximum atomic E-state index is 5.95. The Bertz CT molecular complexity index is 258. The molecule has 1 aliphatic heterocycles. The van der Waals surface area contributed by atoms with E-state index in [1.807, 2.05) is 0 Å². The first-order chi connectivity index (χ1) is 9.67. The van der Waals surface area contributed by atoms with Gasteiger partial charge in [0, 0.05) is 45.3 Å². The number of hydrogen-bond donors (Lipinski definition) is 1. The highest BCUT2D eigenvalue weighted by molar-refractivity contribution is 4.85. The lowest BCUT2D eigenvalue weighted by atomic mass is 9.89. The second kappa shape index (κ2) is 8.32. The number of hydrogen-bond acceptors (Lipinski definition) is 4. The molecule has 2 fully saturated rings. The van der Waals surface area contributed by atoms with Crippen molar-refractivity contribution in [3.63, 3.8) is 0 Å². The van der Waals surface area contributed by atoms with Gasteiger partial charge in [-0.05, 0) is 25.3 Å². The lowest BCUT2D eigenvalue weighted by molar-refractivity contribution is -0.0276. The molecular weight excluding hydrogens is 250 g/mol. The third-order valence-electron chi connectivity index (χ3n) is 4.44. The van der Waals surface area contributed by atoms with Gasteiger partial charge in [-0.3, -0.25) is 4.90 Å². The Morgan fingerprint density at radius 3 is 2.35 bits per heavy atom. The molecule has 4 heteroatoms. The van der Waals surface area contributed by atoms with Crippen LogP contribution in [0.1, 0.15) is 33.6 Å². The van der Waals surface area contributed by atoms with E-state index in [0.717, 1.165) is 25.6 Å². The first-order valence-electron chi connectivity index (χ1n) is 8.47. The minimum Gasteiger partial charge on any atom is -0.377 e. The van der Waals surface area contributed by atoms with Crippen LogP contribution in [0.25, 0.3) is 0 Å². The third kappa shape index (κ3) is 5.32. The summed E-state index contributed by atoms with van der Waals surface area (Å²) in [6.07, 6.45) is 2.92. The Morgan fingerprint density at radius 2 is 1.75 bits per heavy atom. The summed E-state index contributed by atoms with van der Waals surface area (Å²) in [7, 11) is 0. The van der Waals surface area contributed by atoms with Crippen molar-refractivity contribution in [2.75, 3.05) is 52.4 Å². The van der Waals surface area contributed by atoms with E-state index in [9.17, 15) is 0 Å².